The molecule has 0 saturated heterocycles. The summed E-state index contributed by atoms with van der Waals surface area (Å²) in [5.74, 6) is 0. The molecule has 0 aliphatic rings. The number of hydrogen-bond donors (Lipinski definition) is 0. The van der Waals surface area contributed by atoms with Gasteiger partial charge in [0.15, 0.2) is 0 Å². The number of aryl methyl sites for hydroxylation is 1. The van der Waals surface area contributed by atoms with Crippen LogP contribution in [0.25, 0.3) is 0 Å². The van der Waals surface area contributed by atoms with Crippen molar-refractivity contribution in [3.8, 4) is 0 Å². The third kappa shape index (κ3) is 4.65. The normalized spacial score (nSPS) is 10.2. The highest BCUT2D eigenvalue weighted by atomic mass is 17.2. The number of rotatable bonds is 6. The molecule has 1 aromatic rings. The second-order valence-corrected chi connectivity index (χ2v) is 2.82. The number of hydrogen-bond acceptors (Lipinski definition) is 2. The van der Waals surface area contributed by atoms with Gasteiger partial charge in [0.05, 0.1) is 13.2 Å². The van der Waals surface area contributed by atoms with Crippen LogP contribution in [0.15, 0.2) is 30.3 Å². The van der Waals surface area contributed by atoms with Crippen LogP contribution in [0, 0.1) is 0 Å². The van der Waals surface area contributed by atoms with Gasteiger partial charge in [-0.15, -0.1) is 0 Å². The van der Waals surface area contributed by atoms with Crippen molar-refractivity contribution in [2.24, 2.45) is 0 Å². The lowest BCUT2D eigenvalue weighted by Crippen LogP contribution is -1.97. The minimum Gasteiger partial charge on any atom is -0.237 e. The van der Waals surface area contributed by atoms with Crippen LogP contribution < -0.4 is 0 Å². The molecule has 2 heteroatoms. The Morgan fingerprint density at radius 3 is 2.54 bits per heavy atom. The van der Waals surface area contributed by atoms with Gasteiger partial charge >= 0.3 is 0 Å². The van der Waals surface area contributed by atoms with Crippen LogP contribution in [0.3, 0.4) is 0 Å². The van der Waals surface area contributed by atoms with E-state index >= 15 is 0 Å². The molecule has 0 spiro atoms. The van der Waals surface area contributed by atoms with Crippen molar-refractivity contribution in [3.05, 3.63) is 35.9 Å². The molecule has 13 heavy (non-hydrogen) atoms. The second kappa shape index (κ2) is 6.63. The Morgan fingerprint density at radius 2 is 1.85 bits per heavy atom. The lowest BCUT2D eigenvalue weighted by molar-refractivity contribution is -0.291. The summed E-state index contributed by atoms with van der Waals surface area (Å²) in [6, 6.07) is 10.4. The molecule has 2 nitrogen and oxygen atoms in total. The lowest BCUT2D eigenvalue weighted by Gasteiger charge is -2.01. The molecular weight excluding hydrogens is 164 g/mol. The summed E-state index contributed by atoms with van der Waals surface area (Å²) >= 11 is 0. The minimum absolute atomic E-state index is 0.616. The molecular formula is C11H16O2. The molecule has 0 bridgehead atoms. The van der Waals surface area contributed by atoms with Crippen molar-refractivity contribution >= 4 is 0 Å². The molecule has 0 fully saturated rings. The third-order valence-corrected chi connectivity index (χ3v) is 1.74. The summed E-state index contributed by atoms with van der Waals surface area (Å²) in [5.41, 5.74) is 1.35. The fourth-order valence-electron chi connectivity index (χ4n) is 1.12. The van der Waals surface area contributed by atoms with Gasteiger partial charge in [0.2, 0.25) is 0 Å². The Morgan fingerprint density at radius 1 is 1.08 bits per heavy atom. The summed E-state index contributed by atoms with van der Waals surface area (Å²) in [4.78, 5) is 9.68. The lowest BCUT2D eigenvalue weighted by atomic mass is 10.1. The van der Waals surface area contributed by atoms with E-state index in [9.17, 15) is 0 Å². The quantitative estimate of drug-likeness (QED) is 0.380. The molecule has 0 saturated carbocycles. The van der Waals surface area contributed by atoms with Gasteiger partial charge in [-0.05, 0) is 25.3 Å². The van der Waals surface area contributed by atoms with Gasteiger partial charge in [-0.1, -0.05) is 30.3 Å². The van der Waals surface area contributed by atoms with Crippen LogP contribution in [0.2, 0.25) is 0 Å². The van der Waals surface area contributed by atoms with Crippen LogP contribution in [-0.2, 0) is 16.2 Å². The predicted molar refractivity (Wildman–Crippen MR) is 52.3 cm³/mol. The van der Waals surface area contributed by atoms with Crippen LogP contribution in [0.1, 0.15) is 18.9 Å². The Kier molecular flexibility index (Phi) is 5.22. The topological polar surface area (TPSA) is 18.5 Å². The summed E-state index contributed by atoms with van der Waals surface area (Å²) in [6.07, 6.45) is 2.05. The van der Waals surface area contributed by atoms with Gasteiger partial charge in [0.25, 0.3) is 0 Å². The number of benzene rings is 1. The molecule has 0 aliphatic heterocycles. The van der Waals surface area contributed by atoms with Crippen LogP contribution in [0.5, 0.6) is 0 Å². The SMILES string of the molecule is CCOOCCCc1ccccc1. The maximum Gasteiger partial charge on any atom is 0.0825 e. The van der Waals surface area contributed by atoms with Crippen molar-refractivity contribution < 1.29 is 9.78 Å². The highest BCUT2D eigenvalue weighted by Gasteiger charge is 1.91. The molecule has 0 aliphatic carbocycles. The summed E-state index contributed by atoms with van der Waals surface area (Å²) in [6.45, 7) is 3.20. The van der Waals surface area contributed by atoms with Crippen molar-refractivity contribution in [1.82, 2.24) is 0 Å². The van der Waals surface area contributed by atoms with Crippen molar-refractivity contribution in [2.45, 2.75) is 19.8 Å². The summed E-state index contributed by atoms with van der Waals surface area (Å²) < 4.78 is 0. The molecule has 72 valence electrons. The average molecular weight is 180 g/mol. The molecule has 1 aromatic carbocycles. The van der Waals surface area contributed by atoms with E-state index in [2.05, 4.69) is 24.3 Å². The molecule has 1 rings (SSSR count). The smallest absolute Gasteiger partial charge is 0.0825 e. The van der Waals surface area contributed by atoms with E-state index in [1.807, 2.05) is 13.0 Å². The van der Waals surface area contributed by atoms with Crippen molar-refractivity contribution in [1.29, 1.82) is 0 Å². The van der Waals surface area contributed by atoms with Gasteiger partial charge in [-0.2, -0.15) is 0 Å². The molecule has 0 aromatic heterocycles. The van der Waals surface area contributed by atoms with Crippen molar-refractivity contribution in [2.75, 3.05) is 13.2 Å². The summed E-state index contributed by atoms with van der Waals surface area (Å²) in [5, 5.41) is 0. The largest absolute Gasteiger partial charge is 0.237 e. The molecule has 0 amide bonds. The first-order chi connectivity index (χ1) is 6.43. The van der Waals surface area contributed by atoms with E-state index in [1.54, 1.807) is 0 Å². The van der Waals surface area contributed by atoms with Crippen LogP contribution in [-0.4, -0.2) is 13.2 Å². The van der Waals surface area contributed by atoms with E-state index in [-0.39, 0.29) is 0 Å². The van der Waals surface area contributed by atoms with E-state index in [0.717, 1.165) is 12.8 Å². The van der Waals surface area contributed by atoms with E-state index in [0.29, 0.717) is 13.2 Å². The van der Waals surface area contributed by atoms with Crippen LogP contribution in [0.4, 0.5) is 0 Å². The zero-order chi connectivity index (χ0) is 9.36. The summed E-state index contributed by atoms with van der Waals surface area (Å²) in [7, 11) is 0. The molecule has 0 unspecified atom stereocenters. The maximum absolute atomic E-state index is 4.90. The Balaban J connectivity index is 2.07. The first-order valence-corrected chi connectivity index (χ1v) is 4.72. The van der Waals surface area contributed by atoms with Gasteiger partial charge < -0.3 is 0 Å². The molecule has 0 N–H and O–H groups in total. The Hall–Kier alpha value is -0.860. The predicted octanol–water partition coefficient (Wildman–Crippen LogP) is 2.59. The van der Waals surface area contributed by atoms with Gasteiger partial charge in [0.1, 0.15) is 0 Å². The standard InChI is InChI=1S/C11H16O2/c1-2-12-13-10-6-9-11-7-4-3-5-8-11/h3-5,7-8H,2,6,9-10H2,1H3. The highest BCUT2D eigenvalue weighted by molar-refractivity contribution is 5.14. The first-order valence-electron chi connectivity index (χ1n) is 4.72. The second-order valence-electron chi connectivity index (χ2n) is 2.82. The fraction of sp³-hybridized carbons (Fsp3) is 0.455. The Labute approximate surface area is 79.4 Å². The van der Waals surface area contributed by atoms with E-state index in [1.165, 1.54) is 5.56 Å². The van der Waals surface area contributed by atoms with Gasteiger partial charge in [-0.25, -0.2) is 9.78 Å². The zero-order valence-corrected chi connectivity index (χ0v) is 8.03. The first kappa shape index (κ1) is 10.2. The van der Waals surface area contributed by atoms with E-state index < -0.39 is 0 Å². The fourth-order valence-corrected chi connectivity index (χ4v) is 1.12. The highest BCUT2D eigenvalue weighted by Crippen LogP contribution is 2.02. The third-order valence-electron chi connectivity index (χ3n) is 1.74. The minimum atomic E-state index is 0.616. The van der Waals surface area contributed by atoms with Crippen LogP contribution >= 0.6 is 0 Å². The molecule has 0 heterocycles. The monoisotopic (exact) mass is 180 g/mol. The zero-order valence-electron chi connectivity index (χ0n) is 8.03. The van der Waals surface area contributed by atoms with Gasteiger partial charge in [0, 0.05) is 0 Å². The van der Waals surface area contributed by atoms with Crippen molar-refractivity contribution in [3.63, 3.8) is 0 Å². The molecule has 0 atom stereocenters. The van der Waals surface area contributed by atoms with Gasteiger partial charge in [-0.3, -0.25) is 0 Å². The maximum atomic E-state index is 4.90. The Bertz CT molecular complexity index is 209. The van der Waals surface area contributed by atoms with E-state index in [4.69, 9.17) is 9.78 Å². The molecule has 0 radical (unpaired) electrons. The average Bonchev–Trinajstić information content (AvgIpc) is 2.19.